The highest BCUT2D eigenvalue weighted by molar-refractivity contribution is 5.85. The van der Waals surface area contributed by atoms with E-state index in [0.717, 1.165) is 38.8 Å². The minimum absolute atomic E-state index is 0. The van der Waals surface area contributed by atoms with Crippen LogP contribution in [0.2, 0.25) is 0 Å². The first-order valence-corrected chi connectivity index (χ1v) is 9.97. The molecule has 144 valence electrons. The molecule has 4 rings (SSSR count). The monoisotopic (exact) mass is 384 g/mol. The van der Waals surface area contributed by atoms with Crippen molar-refractivity contribution in [2.75, 3.05) is 13.1 Å². The maximum absolute atomic E-state index is 13.0. The molecule has 2 atom stereocenters. The van der Waals surface area contributed by atoms with E-state index in [-0.39, 0.29) is 30.3 Å². The molecular weight excluding hydrogens is 356 g/mol. The molecule has 1 aliphatic carbocycles. The summed E-state index contributed by atoms with van der Waals surface area (Å²) >= 11 is 0. The highest BCUT2D eigenvalue weighted by Crippen LogP contribution is 2.40. The molecule has 0 radical (unpaired) electrons. The van der Waals surface area contributed by atoms with Gasteiger partial charge in [-0.05, 0) is 61.9 Å². The number of rotatable bonds is 4. The van der Waals surface area contributed by atoms with E-state index in [1.165, 1.54) is 23.1 Å². The van der Waals surface area contributed by atoms with E-state index in [9.17, 15) is 4.79 Å². The quantitative estimate of drug-likeness (QED) is 0.821. The van der Waals surface area contributed by atoms with Gasteiger partial charge < -0.3 is 10.6 Å². The number of hydrogen-bond donors (Lipinski definition) is 2. The van der Waals surface area contributed by atoms with Crippen molar-refractivity contribution in [3.8, 4) is 0 Å². The lowest BCUT2D eigenvalue weighted by Crippen LogP contribution is -2.41. The van der Waals surface area contributed by atoms with Crippen LogP contribution in [0.1, 0.15) is 54.3 Å². The average Bonchev–Trinajstić information content (AvgIpc) is 2.73. The number of amides is 1. The van der Waals surface area contributed by atoms with E-state index in [2.05, 4.69) is 59.2 Å². The second-order valence-corrected chi connectivity index (χ2v) is 7.62. The molecule has 3 nitrogen and oxygen atoms in total. The SMILES string of the molecule is Cl.O=C(NC(c1ccccc1)C1CCCc2ccccc21)C1CCNCC1. The van der Waals surface area contributed by atoms with Gasteiger partial charge in [-0.3, -0.25) is 4.79 Å². The number of hydrogen-bond acceptors (Lipinski definition) is 2. The molecule has 2 aromatic rings. The van der Waals surface area contributed by atoms with Crippen molar-refractivity contribution < 1.29 is 4.79 Å². The normalized spacial score (nSPS) is 20.8. The second-order valence-electron chi connectivity index (χ2n) is 7.62. The zero-order valence-corrected chi connectivity index (χ0v) is 16.5. The fourth-order valence-corrected chi connectivity index (χ4v) is 4.57. The van der Waals surface area contributed by atoms with Crippen molar-refractivity contribution in [2.24, 2.45) is 5.92 Å². The number of carbonyl (C=O) groups excluding carboxylic acids is 1. The molecule has 0 aromatic heterocycles. The Morgan fingerprint density at radius 3 is 2.44 bits per heavy atom. The smallest absolute Gasteiger partial charge is 0.223 e. The number of carbonyl (C=O) groups is 1. The minimum atomic E-state index is 0. The highest BCUT2D eigenvalue weighted by atomic mass is 35.5. The highest BCUT2D eigenvalue weighted by Gasteiger charge is 2.32. The Morgan fingerprint density at radius 2 is 1.67 bits per heavy atom. The van der Waals surface area contributed by atoms with Crippen molar-refractivity contribution in [3.05, 3.63) is 71.3 Å². The number of nitrogens with one attached hydrogen (secondary N) is 2. The third-order valence-corrected chi connectivity index (χ3v) is 5.98. The summed E-state index contributed by atoms with van der Waals surface area (Å²) in [6.45, 7) is 1.89. The predicted octanol–water partition coefficient (Wildman–Crippen LogP) is 4.39. The molecule has 2 N–H and O–H groups in total. The van der Waals surface area contributed by atoms with Gasteiger partial charge in [0.2, 0.25) is 5.91 Å². The van der Waals surface area contributed by atoms with E-state index in [0.29, 0.717) is 5.92 Å². The van der Waals surface area contributed by atoms with Crippen molar-refractivity contribution >= 4 is 18.3 Å². The lowest BCUT2D eigenvalue weighted by Gasteiger charge is -2.34. The van der Waals surface area contributed by atoms with Gasteiger partial charge in [0.05, 0.1) is 6.04 Å². The van der Waals surface area contributed by atoms with Crippen LogP contribution in [0.3, 0.4) is 0 Å². The van der Waals surface area contributed by atoms with Crippen LogP contribution in [0.5, 0.6) is 0 Å². The number of fused-ring (bicyclic) bond motifs is 1. The van der Waals surface area contributed by atoms with Crippen molar-refractivity contribution in [1.29, 1.82) is 0 Å². The fourth-order valence-electron chi connectivity index (χ4n) is 4.57. The largest absolute Gasteiger partial charge is 0.348 e. The molecule has 2 aliphatic rings. The van der Waals surface area contributed by atoms with Gasteiger partial charge in [-0.25, -0.2) is 0 Å². The fraction of sp³-hybridized carbons (Fsp3) is 0.435. The summed E-state index contributed by atoms with van der Waals surface area (Å²) in [5.74, 6) is 0.720. The van der Waals surface area contributed by atoms with Gasteiger partial charge in [0.1, 0.15) is 0 Å². The standard InChI is InChI=1S/C23H28N2O.ClH/c26-23(19-13-15-24-16-14-19)25-22(18-8-2-1-3-9-18)21-12-6-10-17-7-4-5-11-20(17)21;/h1-5,7-9,11,19,21-22,24H,6,10,12-16H2,(H,25,26);1H. The summed E-state index contributed by atoms with van der Waals surface area (Å²) in [5.41, 5.74) is 4.08. The van der Waals surface area contributed by atoms with Crippen molar-refractivity contribution in [2.45, 2.75) is 44.1 Å². The molecule has 0 saturated carbocycles. The van der Waals surface area contributed by atoms with E-state index in [1.807, 2.05) is 6.07 Å². The molecule has 0 bridgehead atoms. The van der Waals surface area contributed by atoms with Gasteiger partial charge in [0.15, 0.2) is 0 Å². The Balaban J connectivity index is 0.00000210. The molecule has 2 aromatic carbocycles. The first kappa shape index (κ1) is 19.9. The van der Waals surface area contributed by atoms with Crippen LogP contribution in [-0.4, -0.2) is 19.0 Å². The Hall–Kier alpha value is -1.84. The van der Waals surface area contributed by atoms with Gasteiger partial charge in [-0.1, -0.05) is 54.6 Å². The Bertz CT molecular complexity index is 743. The van der Waals surface area contributed by atoms with Gasteiger partial charge in [-0.2, -0.15) is 0 Å². The predicted molar refractivity (Wildman–Crippen MR) is 112 cm³/mol. The first-order chi connectivity index (χ1) is 12.8. The van der Waals surface area contributed by atoms with Crippen molar-refractivity contribution in [3.63, 3.8) is 0 Å². The van der Waals surface area contributed by atoms with Crippen LogP contribution in [0.15, 0.2) is 54.6 Å². The molecule has 2 unspecified atom stereocenters. The Kier molecular flexibility index (Phi) is 6.92. The van der Waals surface area contributed by atoms with Crippen LogP contribution in [0.4, 0.5) is 0 Å². The molecule has 1 saturated heterocycles. The van der Waals surface area contributed by atoms with Gasteiger partial charge in [-0.15, -0.1) is 12.4 Å². The lowest BCUT2D eigenvalue weighted by molar-refractivity contribution is -0.126. The average molecular weight is 385 g/mol. The molecule has 1 aliphatic heterocycles. The van der Waals surface area contributed by atoms with Gasteiger partial charge >= 0.3 is 0 Å². The summed E-state index contributed by atoms with van der Waals surface area (Å²) < 4.78 is 0. The Morgan fingerprint density at radius 1 is 0.963 bits per heavy atom. The van der Waals surface area contributed by atoms with Crippen LogP contribution in [-0.2, 0) is 11.2 Å². The molecule has 1 amide bonds. The summed E-state index contributed by atoms with van der Waals surface area (Å²) in [4.78, 5) is 13.0. The molecule has 0 spiro atoms. The number of piperidine rings is 1. The molecular formula is C23H29ClN2O. The Labute approximate surface area is 168 Å². The van der Waals surface area contributed by atoms with Crippen LogP contribution in [0.25, 0.3) is 0 Å². The third-order valence-electron chi connectivity index (χ3n) is 5.98. The first-order valence-electron chi connectivity index (χ1n) is 9.97. The third kappa shape index (κ3) is 4.53. The zero-order valence-electron chi connectivity index (χ0n) is 15.7. The number of benzene rings is 2. The van der Waals surface area contributed by atoms with E-state index in [4.69, 9.17) is 0 Å². The summed E-state index contributed by atoms with van der Waals surface area (Å²) in [7, 11) is 0. The van der Waals surface area contributed by atoms with E-state index in [1.54, 1.807) is 0 Å². The van der Waals surface area contributed by atoms with Crippen LogP contribution in [0, 0.1) is 5.92 Å². The van der Waals surface area contributed by atoms with E-state index < -0.39 is 0 Å². The van der Waals surface area contributed by atoms with Crippen molar-refractivity contribution in [1.82, 2.24) is 10.6 Å². The molecule has 4 heteroatoms. The summed E-state index contributed by atoms with van der Waals surface area (Å²) in [6, 6.07) is 19.3. The van der Waals surface area contributed by atoms with E-state index >= 15 is 0 Å². The summed E-state index contributed by atoms with van der Waals surface area (Å²) in [6.07, 6.45) is 5.34. The molecule has 1 heterocycles. The molecule has 27 heavy (non-hydrogen) atoms. The zero-order chi connectivity index (χ0) is 17.8. The maximum Gasteiger partial charge on any atom is 0.223 e. The second kappa shape index (κ2) is 9.38. The topological polar surface area (TPSA) is 41.1 Å². The van der Waals surface area contributed by atoms with Gasteiger partial charge in [0, 0.05) is 11.8 Å². The number of aryl methyl sites for hydroxylation is 1. The summed E-state index contributed by atoms with van der Waals surface area (Å²) in [5, 5.41) is 6.80. The maximum atomic E-state index is 13.0. The molecule has 1 fully saturated rings. The van der Waals surface area contributed by atoms with Gasteiger partial charge in [0.25, 0.3) is 0 Å². The lowest BCUT2D eigenvalue weighted by atomic mass is 9.76. The minimum Gasteiger partial charge on any atom is -0.348 e. The number of halogens is 1. The van der Waals surface area contributed by atoms with Crippen LogP contribution >= 0.6 is 12.4 Å². The van der Waals surface area contributed by atoms with Crippen LogP contribution < -0.4 is 10.6 Å².